The van der Waals surface area contributed by atoms with E-state index in [1.165, 1.54) is 0 Å². The molecular formula is C11H20ClN3O2. The molecule has 2 aliphatic heterocycles. The lowest BCUT2D eigenvalue weighted by molar-refractivity contribution is -0.143. The van der Waals surface area contributed by atoms with Crippen molar-refractivity contribution in [3.8, 4) is 0 Å². The third-order valence-corrected chi connectivity index (χ3v) is 3.52. The fourth-order valence-electron chi connectivity index (χ4n) is 2.59. The van der Waals surface area contributed by atoms with Crippen LogP contribution < -0.4 is 11.1 Å². The predicted octanol–water partition coefficient (Wildman–Crippen LogP) is -0.116. The van der Waals surface area contributed by atoms with Gasteiger partial charge < -0.3 is 16.0 Å². The van der Waals surface area contributed by atoms with Gasteiger partial charge in [-0.2, -0.15) is 0 Å². The molecule has 0 bridgehead atoms. The van der Waals surface area contributed by atoms with E-state index in [4.69, 9.17) is 5.73 Å². The highest BCUT2D eigenvalue weighted by Gasteiger charge is 2.35. The third-order valence-electron chi connectivity index (χ3n) is 3.52. The summed E-state index contributed by atoms with van der Waals surface area (Å²) in [7, 11) is 0. The fraction of sp³-hybridized carbons (Fsp3) is 0.818. The molecule has 2 saturated heterocycles. The lowest BCUT2D eigenvalue weighted by Gasteiger charge is -2.35. The molecule has 0 aromatic carbocycles. The molecule has 2 heterocycles. The lowest BCUT2D eigenvalue weighted by Crippen LogP contribution is -2.52. The van der Waals surface area contributed by atoms with Crippen molar-refractivity contribution in [3.63, 3.8) is 0 Å². The highest BCUT2D eigenvalue weighted by molar-refractivity contribution is 5.88. The molecule has 2 fully saturated rings. The van der Waals surface area contributed by atoms with Gasteiger partial charge in [0.1, 0.15) is 6.04 Å². The molecule has 2 unspecified atom stereocenters. The minimum atomic E-state index is -0.373. The van der Waals surface area contributed by atoms with E-state index in [2.05, 4.69) is 5.32 Å². The maximum absolute atomic E-state index is 12.2. The monoisotopic (exact) mass is 261 g/mol. The fourth-order valence-corrected chi connectivity index (χ4v) is 2.59. The maximum atomic E-state index is 12.2. The SMILES string of the molecule is Cl.NC(=O)C1CCCCN1C(=O)C1CCNC1. The summed E-state index contributed by atoms with van der Waals surface area (Å²) >= 11 is 0. The molecule has 2 amide bonds. The van der Waals surface area contributed by atoms with Crippen molar-refractivity contribution in [1.29, 1.82) is 0 Å². The summed E-state index contributed by atoms with van der Waals surface area (Å²) in [6.45, 7) is 2.31. The smallest absolute Gasteiger partial charge is 0.240 e. The van der Waals surface area contributed by atoms with Gasteiger partial charge in [0.05, 0.1) is 5.92 Å². The van der Waals surface area contributed by atoms with Gasteiger partial charge >= 0.3 is 0 Å². The van der Waals surface area contributed by atoms with E-state index >= 15 is 0 Å². The van der Waals surface area contributed by atoms with Crippen molar-refractivity contribution in [1.82, 2.24) is 10.2 Å². The number of nitrogens with two attached hydrogens (primary N) is 1. The van der Waals surface area contributed by atoms with E-state index in [1.807, 2.05) is 0 Å². The molecule has 6 heteroatoms. The molecule has 0 aromatic heterocycles. The summed E-state index contributed by atoms with van der Waals surface area (Å²) in [4.78, 5) is 25.2. The predicted molar refractivity (Wildman–Crippen MR) is 66.8 cm³/mol. The van der Waals surface area contributed by atoms with Gasteiger partial charge in [-0.1, -0.05) is 0 Å². The van der Waals surface area contributed by atoms with Crippen LogP contribution in [0.4, 0.5) is 0 Å². The lowest BCUT2D eigenvalue weighted by atomic mass is 9.98. The van der Waals surface area contributed by atoms with Gasteiger partial charge in [0, 0.05) is 13.1 Å². The number of nitrogens with one attached hydrogen (secondary N) is 1. The van der Waals surface area contributed by atoms with Gasteiger partial charge in [-0.05, 0) is 32.2 Å². The number of halogens is 1. The molecule has 2 rings (SSSR count). The first-order valence-electron chi connectivity index (χ1n) is 6.00. The zero-order valence-corrected chi connectivity index (χ0v) is 10.7. The molecule has 17 heavy (non-hydrogen) atoms. The molecule has 3 N–H and O–H groups in total. The molecule has 5 nitrogen and oxygen atoms in total. The Bertz CT molecular complexity index is 292. The summed E-state index contributed by atoms with van der Waals surface area (Å²) in [5.74, 6) is -0.215. The average Bonchev–Trinajstić information content (AvgIpc) is 2.81. The molecule has 0 saturated carbocycles. The number of carbonyl (C=O) groups excluding carboxylic acids is 2. The third kappa shape index (κ3) is 3.10. The Labute approximate surface area is 108 Å². The summed E-state index contributed by atoms with van der Waals surface area (Å²) < 4.78 is 0. The molecule has 98 valence electrons. The molecular weight excluding hydrogens is 242 g/mol. The zero-order chi connectivity index (χ0) is 11.5. The highest BCUT2D eigenvalue weighted by Crippen LogP contribution is 2.21. The van der Waals surface area contributed by atoms with Crippen LogP contribution in [-0.4, -0.2) is 42.4 Å². The number of amides is 2. The molecule has 0 spiro atoms. The topological polar surface area (TPSA) is 75.4 Å². The second-order valence-corrected chi connectivity index (χ2v) is 4.64. The number of likely N-dealkylation sites (tertiary alicyclic amines) is 1. The second-order valence-electron chi connectivity index (χ2n) is 4.64. The quantitative estimate of drug-likeness (QED) is 0.728. The Kier molecular flexibility index (Phi) is 5.21. The van der Waals surface area contributed by atoms with Gasteiger partial charge in [-0.3, -0.25) is 9.59 Å². The first-order valence-corrected chi connectivity index (χ1v) is 6.00. The number of primary amides is 1. The Morgan fingerprint density at radius 3 is 2.59 bits per heavy atom. The van der Waals surface area contributed by atoms with Crippen molar-refractivity contribution >= 4 is 24.2 Å². The Balaban J connectivity index is 0.00000144. The van der Waals surface area contributed by atoms with E-state index in [-0.39, 0.29) is 36.2 Å². The number of hydrogen-bond acceptors (Lipinski definition) is 3. The minimum Gasteiger partial charge on any atom is -0.368 e. The zero-order valence-electron chi connectivity index (χ0n) is 9.85. The summed E-state index contributed by atoms with van der Waals surface area (Å²) in [5.41, 5.74) is 5.35. The van der Waals surface area contributed by atoms with Gasteiger partial charge in [-0.25, -0.2) is 0 Å². The van der Waals surface area contributed by atoms with Crippen molar-refractivity contribution in [2.45, 2.75) is 31.7 Å². The van der Waals surface area contributed by atoms with Crippen LogP contribution in [0.3, 0.4) is 0 Å². The summed E-state index contributed by atoms with van der Waals surface area (Å²) in [5, 5.41) is 3.17. The Morgan fingerprint density at radius 2 is 2.00 bits per heavy atom. The van der Waals surface area contributed by atoms with Crippen molar-refractivity contribution < 1.29 is 9.59 Å². The number of hydrogen-bond donors (Lipinski definition) is 2. The van der Waals surface area contributed by atoms with E-state index in [9.17, 15) is 9.59 Å². The first kappa shape index (κ1) is 14.3. The van der Waals surface area contributed by atoms with Crippen molar-refractivity contribution in [2.75, 3.05) is 19.6 Å². The molecule has 0 radical (unpaired) electrons. The number of carbonyl (C=O) groups is 2. The van der Waals surface area contributed by atoms with E-state index in [0.29, 0.717) is 6.54 Å². The van der Waals surface area contributed by atoms with Crippen molar-refractivity contribution in [2.24, 2.45) is 11.7 Å². The normalized spacial score (nSPS) is 28.6. The Hall–Kier alpha value is -0.810. The minimum absolute atomic E-state index is 0. The molecule has 2 atom stereocenters. The van der Waals surface area contributed by atoms with Crippen LogP contribution in [0.25, 0.3) is 0 Å². The number of piperidine rings is 1. The highest BCUT2D eigenvalue weighted by atomic mass is 35.5. The van der Waals surface area contributed by atoms with Crippen LogP contribution in [0.2, 0.25) is 0 Å². The van der Waals surface area contributed by atoms with Crippen LogP contribution in [0.1, 0.15) is 25.7 Å². The van der Waals surface area contributed by atoms with Crippen LogP contribution in [0.15, 0.2) is 0 Å². The van der Waals surface area contributed by atoms with Crippen LogP contribution in [0, 0.1) is 5.92 Å². The maximum Gasteiger partial charge on any atom is 0.240 e. The summed E-state index contributed by atoms with van der Waals surface area (Å²) in [6.07, 6.45) is 3.57. The van der Waals surface area contributed by atoms with Crippen LogP contribution >= 0.6 is 12.4 Å². The largest absolute Gasteiger partial charge is 0.368 e. The van der Waals surface area contributed by atoms with E-state index in [0.717, 1.165) is 38.8 Å². The second kappa shape index (κ2) is 6.21. The summed E-state index contributed by atoms with van der Waals surface area (Å²) in [6, 6.07) is -0.373. The van der Waals surface area contributed by atoms with E-state index < -0.39 is 0 Å². The number of rotatable bonds is 2. The average molecular weight is 262 g/mol. The molecule has 0 aromatic rings. The molecule has 2 aliphatic rings. The first-order chi connectivity index (χ1) is 7.70. The Morgan fingerprint density at radius 1 is 1.24 bits per heavy atom. The van der Waals surface area contributed by atoms with Gasteiger partial charge in [-0.15, -0.1) is 12.4 Å². The van der Waals surface area contributed by atoms with Crippen LogP contribution in [0.5, 0.6) is 0 Å². The standard InChI is InChI=1S/C11H19N3O2.ClH/c12-10(15)9-3-1-2-6-14(9)11(16)8-4-5-13-7-8;/h8-9,13H,1-7H2,(H2,12,15);1H. The van der Waals surface area contributed by atoms with Gasteiger partial charge in [0.15, 0.2) is 0 Å². The van der Waals surface area contributed by atoms with Crippen molar-refractivity contribution in [3.05, 3.63) is 0 Å². The van der Waals surface area contributed by atoms with Crippen LogP contribution in [-0.2, 0) is 9.59 Å². The number of nitrogens with zero attached hydrogens (tertiary/aromatic N) is 1. The van der Waals surface area contributed by atoms with E-state index in [1.54, 1.807) is 4.90 Å². The van der Waals surface area contributed by atoms with Gasteiger partial charge in [0.2, 0.25) is 11.8 Å². The van der Waals surface area contributed by atoms with Gasteiger partial charge in [0.25, 0.3) is 0 Å². The molecule has 0 aliphatic carbocycles.